The van der Waals surface area contributed by atoms with E-state index in [2.05, 4.69) is 20.9 Å². The van der Waals surface area contributed by atoms with Crippen molar-refractivity contribution >= 4 is 29.8 Å². The van der Waals surface area contributed by atoms with Crippen molar-refractivity contribution in [3.05, 3.63) is 35.9 Å². The number of hydrogen-bond donors (Lipinski definition) is 6. The highest BCUT2D eigenvalue weighted by Gasteiger charge is 2.31. The summed E-state index contributed by atoms with van der Waals surface area (Å²) in [6.07, 6.45) is -0.0823. The molecule has 1 aromatic rings. The van der Waals surface area contributed by atoms with Crippen LogP contribution in [0, 0.1) is 5.92 Å². The Hall–Kier alpha value is -3.87. The van der Waals surface area contributed by atoms with Crippen molar-refractivity contribution in [1.82, 2.24) is 16.0 Å². The number of benzene rings is 1. The van der Waals surface area contributed by atoms with Crippen LogP contribution in [-0.4, -0.2) is 71.8 Å². The number of amides is 3. The van der Waals surface area contributed by atoms with Crippen molar-refractivity contribution in [2.24, 2.45) is 22.4 Å². The molecular weight excluding hydrogens is 520 g/mol. The molecule has 0 unspecified atom stereocenters. The Morgan fingerprint density at radius 3 is 2.10 bits per heavy atom. The summed E-state index contributed by atoms with van der Waals surface area (Å²) in [6, 6.07) is 5.43. The number of esters is 1. The fourth-order valence-corrected chi connectivity index (χ4v) is 3.48. The first-order valence-electron chi connectivity index (χ1n) is 13.2. The summed E-state index contributed by atoms with van der Waals surface area (Å²) in [5.41, 5.74) is 10.7. The summed E-state index contributed by atoms with van der Waals surface area (Å²) < 4.78 is 10.5. The Morgan fingerprint density at radius 1 is 0.950 bits per heavy atom. The molecule has 0 saturated heterocycles. The van der Waals surface area contributed by atoms with Gasteiger partial charge in [-0.2, -0.15) is 0 Å². The molecule has 0 spiro atoms. The smallest absolute Gasteiger partial charge is 0.408 e. The quantitative estimate of drug-likeness (QED) is 0.0765. The van der Waals surface area contributed by atoms with Gasteiger partial charge in [0.15, 0.2) is 12.0 Å². The maximum atomic E-state index is 13.2. The predicted molar refractivity (Wildman–Crippen MR) is 150 cm³/mol. The number of rotatable bonds is 15. The first kappa shape index (κ1) is 34.2. The van der Waals surface area contributed by atoms with E-state index in [0.717, 1.165) is 5.56 Å². The fourth-order valence-electron chi connectivity index (χ4n) is 3.48. The van der Waals surface area contributed by atoms with Crippen LogP contribution in [0.4, 0.5) is 4.79 Å². The zero-order valence-corrected chi connectivity index (χ0v) is 23.9. The molecule has 1 rings (SSSR count). The number of guanidine groups is 1. The van der Waals surface area contributed by atoms with E-state index in [-0.39, 0.29) is 37.9 Å². The standard InChI is InChI=1S/C27H44N6O7/c1-17(2)14-20(33-26(38)40-27(3,4)5)23(36)31-19(12-9-13-30-25(28)29)22(35)32-21(15-34)24(37)39-16-18-10-7-6-8-11-18/h6-8,10-11,17,19-21,34H,9,12-16H2,1-5H3,(H,31,36)(H,32,35)(H,33,38)(H4,28,29,30)/t19-,20-,21-/m0/s1. The van der Waals surface area contributed by atoms with E-state index in [0.29, 0.717) is 6.42 Å². The van der Waals surface area contributed by atoms with Crippen LogP contribution in [0.25, 0.3) is 0 Å². The van der Waals surface area contributed by atoms with Crippen LogP contribution in [0.2, 0.25) is 0 Å². The molecule has 0 bridgehead atoms. The number of hydrogen-bond acceptors (Lipinski definition) is 8. The third-order valence-electron chi connectivity index (χ3n) is 5.30. The minimum absolute atomic E-state index is 0.0259. The Morgan fingerprint density at radius 2 is 1.55 bits per heavy atom. The van der Waals surface area contributed by atoms with Gasteiger partial charge in [0, 0.05) is 6.54 Å². The van der Waals surface area contributed by atoms with E-state index in [9.17, 15) is 24.3 Å². The second-order valence-corrected chi connectivity index (χ2v) is 10.7. The van der Waals surface area contributed by atoms with E-state index in [1.165, 1.54) is 0 Å². The fraction of sp³-hybridized carbons (Fsp3) is 0.593. The Kier molecular flexibility index (Phi) is 14.5. The van der Waals surface area contributed by atoms with Crippen LogP contribution in [-0.2, 0) is 30.5 Å². The first-order valence-corrected chi connectivity index (χ1v) is 13.2. The van der Waals surface area contributed by atoms with E-state index >= 15 is 0 Å². The normalized spacial score (nSPS) is 13.4. The topological polar surface area (TPSA) is 207 Å². The van der Waals surface area contributed by atoms with Crippen LogP contribution in [0.5, 0.6) is 0 Å². The molecule has 0 aliphatic carbocycles. The molecule has 3 amide bonds. The summed E-state index contributed by atoms with van der Waals surface area (Å²) in [5, 5.41) is 17.4. The summed E-state index contributed by atoms with van der Waals surface area (Å²) >= 11 is 0. The highest BCUT2D eigenvalue weighted by atomic mass is 16.6. The Bertz CT molecular complexity index is 991. The molecule has 224 valence electrons. The maximum absolute atomic E-state index is 13.2. The van der Waals surface area contributed by atoms with Crippen molar-refractivity contribution in [3.8, 4) is 0 Å². The molecule has 0 aliphatic heterocycles. The highest BCUT2D eigenvalue weighted by molar-refractivity contribution is 5.93. The third kappa shape index (κ3) is 14.3. The molecule has 40 heavy (non-hydrogen) atoms. The molecule has 0 aromatic heterocycles. The minimum atomic E-state index is -1.36. The van der Waals surface area contributed by atoms with Gasteiger partial charge in [-0.05, 0) is 51.5 Å². The molecule has 0 radical (unpaired) electrons. The Balaban J connectivity index is 2.98. The summed E-state index contributed by atoms with van der Waals surface area (Å²) in [4.78, 5) is 55.2. The van der Waals surface area contributed by atoms with Gasteiger partial charge in [0.05, 0.1) is 6.61 Å². The summed E-state index contributed by atoms with van der Waals surface area (Å²) in [5.74, 6) is -2.28. The zero-order valence-electron chi connectivity index (χ0n) is 23.9. The lowest BCUT2D eigenvalue weighted by Gasteiger charge is -2.26. The number of carbonyl (C=O) groups excluding carboxylic acids is 4. The highest BCUT2D eigenvalue weighted by Crippen LogP contribution is 2.11. The second kappa shape index (κ2) is 17.0. The summed E-state index contributed by atoms with van der Waals surface area (Å²) in [6.45, 7) is 8.28. The molecule has 8 N–H and O–H groups in total. The number of carbonyl (C=O) groups is 4. The lowest BCUT2D eigenvalue weighted by atomic mass is 10.0. The average Bonchev–Trinajstić information content (AvgIpc) is 2.86. The third-order valence-corrected chi connectivity index (χ3v) is 5.30. The number of nitrogens with two attached hydrogens (primary N) is 2. The second-order valence-electron chi connectivity index (χ2n) is 10.7. The minimum Gasteiger partial charge on any atom is -0.459 e. The van der Waals surface area contributed by atoms with Gasteiger partial charge in [-0.25, -0.2) is 9.59 Å². The van der Waals surface area contributed by atoms with Gasteiger partial charge in [-0.3, -0.25) is 14.6 Å². The monoisotopic (exact) mass is 564 g/mol. The Labute approximate surface area is 235 Å². The van der Waals surface area contributed by atoms with Gasteiger partial charge < -0.3 is 42.0 Å². The largest absolute Gasteiger partial charge is 0.459 e. The number of nitrogens with one attached hydrogen (secondary N) is 3. The van der Waals surface area contributed by atoms with Gasteiger partial charge in [-0.15, -0.1) is 0 Å². The average molecular weight is 565 g/mol. The van der Waals surface area contributed by atoms with E-state index in [1.807, 2.05) is 19.9 Å². The number of aliphatic hydroxyl groups excluding tert-OH is 1. The zero-order chi connectivity index (χ0) is 30.3. The first-order chi connectivity index (χ1) is 18.7. The summed E-state index contributed by atoms with van der Waals surface area (Å²) in [7, 11) is 0. The van der Waals surface area contributed by atoms with Crippen molar-refractivity contribution in [3.63, 3.8) is 0 Å². The SMILES string of the molecule is CC(C)C[C@H](NC(=O)OC(C)(C)C)C(=O)N[C@@H](CCCN=C(N)N)C(=O)N[C@@H](CO)C(=O)OCc1ccccc1. The molecular formula is C27H44N6O7. The molecule has 1 aromatic carbocycles. The lowest BCUT2D eigenvalue weighted by Crippen LogP contribution is -2.56. The van der Waals surface area contributed by atoms with Gasteiger partial charge in [0.1, 0.15) is 24.3 Å². The van der Waals surface area contributed by atoms with E-state index in [1.54, 1.807) is 45.0 Å². The van der Waals surface area contributed by atoms with Crippen molar-refractivity contribution < 1.29 is 33.8 Å². The lowest BCUT2D eigenvalue weighted by molar-refractivity contribution is -0.150. The maximum Gasteiger partial charge on any atom is 0.408 e. The molecule has 0 aliphatic rings. The van der Waals surface area contributed by atoms with E-state index < -0.39 is 54.2 Å². The van der Waals surface area contributed by atoms with Gasteiger partial charge in [0.25, 0.3) is 0 Å². The number of aliphatic hydroxyl groups is 1. The van der Waals surface area contributed by atoms with Crippen molar-refractivity contribution in [2.75, 3.05) is 13.2 Å². The molecule has 0 heterocycles. The number of aliphatic imine (C=N–C) groups is 1. The van der Waals surface area contributed by atoms with Crippen LogP contribution >= 0.6 is 0 Å². The molecule has 0 saturated carbocycles. The number of alkyl carbamates (subject to hydrolysis) is 1. The van der Waals surface area contributed by atoms with Crippen LogP contribution in [0.15, 0.2) is 35.3 Å². The molecule has 13 heteroatoms. The van der Waals surface area contributed by atoms with Gasteiger partial charge in [-0.1, -0.05) is 44.2 Å². The number of nitrogens with zero attached hydrogens (tertiary/aromatic N) is 1. The van der Waals surface area contributed by atoms with Gasteiger partial charge >= 0.3 is 12.1 Å². The van der Waals surface area contributed by atoms with Gasteiger partial charge in [0.2, 0.25) is 11.8 Å². The predicted octanol–water partition coefficient (Wildman–Crippen LogP) is 0.685. The molecule has 3 atom stereocenters. The molecule has 0 fully saturated rings. The van der Waals surface area contributed by atoms with Crippen LogP contribution < -0.4 is 27.4 Å². The van der Waals surface area contributed by atoms with Crippen LogP contribution in [0.1, 0.15) is 59.4 Å². The number of ether oxygens (including phenoxy) is 2. The molecule has 13 nitrogen and oxygen atoms in total. The van der Waals surface area contributed by atoms with Crippen LogP contribution in [0.3, 0.4) is 0 Å². The van der Waals surface area contributed by atoms with Crippen molar-refractivity contribution in [1.29, 1.82) is 0 Å². The van der Waals surface area contributed by atoms with E-state index in [4.69, 9.17) is 20.9 Å². The van der Waals surface area contributed by atoms with Crippen molar-refractivity contribution in [2.45, 2.75) is 84.2 Å².